The number of hydrogen-bond donors (Lipinski definition) is 2. The molecule has 3 heterocycles. The molecule has 0 bridgehead atoms. The van der Waals surface area contributed by atoms with Crippen LogP contribution in [0.1, 0.15) is 5.89 Å². The summed E-state index contributed by atoms with van der Waals surface area (Å²) in [7, 11) is 0. The molecule has 0 aliphatic rings. The largest absolute Gasteiger partial charge is 0.420 e. The molecule has 0 fully saturated rings. The molecule has 136 valence electrons. The highest BCUT2D eigenvalue weighted by molar-refractivity contribution is 5.79. The number of nitrogens with zero attached hydrogens (tertiary/aromatic N) is 3. The number of aromatic nitrogens is 4. The highest BCUT2D eigenvalue weighted by atomic mass is 16.5. The fourth-order valence-corrected chi connectivity index (χ4v) is 2.56. The van der Waals surface area contributed by atoms with Gasteiger partial charge in [-0.25, -0.2) is 4.79 Å². The summed E-state index contributed by atoms with van der Waals surface area (Å²) in [5, 5.41) is 6.38. The number of oxazole rings is 1. The van der Waals surface area contributed by atoms with Gasteiger partial charge in [0.05, 0.1) is 12.1 Å². The minimum absolute atomic E-state index is 0.0143. The van der Waals surface area contributed by atoms with Crippen molar-refractivity contribution in [2.75, 3.05) is 0 Å². The monoisotopic (exact) mass is 367 g/mol. The Bertz CT molecular complexity index is 1230. The fraction of sp³-hybridized carbons (Fsp3) is 0.118. The molecule has 4 aromatic rings. The van der Waals surface area contributed by atoms with E-state index in [0.29, 0.717) is 16.7 Å². The molecule has 0 unspecified atom stereocenters. The molecule has 1 amide bonds. The third kappa shape index (κ3) is 3.40. The van der Waals surface area contributed by atoms with Crippen molar-refractivity contribution < 1.29 is 13.7 Å². The Balaban J connectivity index is 1.43. The van der Waals surface area contributed by atoms with Crippen LogP contribution < -0.4 is 16.6 Å². The van der Waals surface area contributed by atoms with Crippen molar-refractivity contribution >= 4 is 17.0 Å². The molecule has 4 rings (SSSR count). The summed E-state index contributed by atoms with van der Waals surface area (Å²) in [6.07, 6.45) is 1.47. The summed E-state index contributed by atoms with van der Waals surface area (Å²) in [5.41, 5.74) is 1.16. The number of aromatic amines is 1. The van der Waals surface area contributed by atoms with Gasteiger partial charge in [-0.2, -0.15) is 4.98 Å². The summed E-state index contributed by atoms with van der Waals surface area (Å²) in [5.74, 6) is -0.620. The van der Waals surface area contributed by atoms with E-state index < -0.39 is 11.7 Å². The Kier molecular flexibility index (Phi) is 4.13. The molecule has 0 saturated heterocycles. The van der Waals surface area contributed by atoms with Crippen molar-refractivity contribution in [1.82, 2.24) is 25.0 Å². The van der Waals surface area contributed by atoms with E-state index in [2.05, 4.69) is 20.4 Å². The summed E-state index contributed by atoms with van der Waals surface area (Å²) in [4.78, 5) is 42.0. The van der Waals surface area contributed by atoms with Gasteiger partial charge in [-0.15, -0.1) is 0 Å². The summed E-state index contributed by atoms with van der Waals surface area (Å²) >= 11 is 0. The van der Waals surface area contributed by atoms with Crippen LogP contribution in [-0.4, -0.2) is 25.6 Å². The second kappa shape index (κ2) is 6.75. The zero-order valence-corrected chi connectivity index (χ0v) is 13.8. The maximum Gasteiger partial charge on any atom is 0.420 e. The summed E-state index contributed by atoms with van der Waals surface area (Å²) in [6.45, 7) is -0.218. The van der Waals surface area contributed by atoms with Gasteiger partial charge < -0.3 is 19.2 Å². The molecule has 10 nitrogen and oxygen atoms in total. The van der Waals surface area contributed by atoms with Gasteiger partial charge in [-0.05, 0) is 18.2 Å². The Hall–Kier alpha value is -3.95. The third-order valence-electron chi connectivity index (χ3n) is 3.81. The van der Waals surface area contributed by atoms with Crippen LogP contribution in [0.3, 0.4) is 0 Å². The van der Waals surface area contributed by atoms with Crippen LogP contribution in [0.5, 0.6) is 0 Å². The van der Waals surface area contributed by atoms with Crippen LogP contribution in [0.4, 0.5) is 0 Å². The van der Waals surface area contributed by atoms with E-state index in [1.807, 2.05) is 0 Å². The first-order chi connectivity index (χ1) is 13.1. The topological polar surface area (TPSA) is 136 Å². The lowest BCUT2D eigenvalue weighted by Gasteiger charge is -2.03. The van der Waals surface area contributed by atoms with Crippen molar-refractivity contribution in [3.63, 3.8) is 0 Å². The van der Waals surface area contributed by atoms with E-state index >= 15 is 0 Å². The first kappa shape index (κ1) is 16.5. The lowest BCUT2D eigenvalue weighted by molar-refractivity contribution is -0.122. The summed E-state index contributed by atoms with van der Waals surface area (Å²) < 4.78 is 11.4. The molecular formula is C17H13N5O5. The summed E-state index contributed by atoms with van der Waals surface area (Å²) in [6, 6.07) is 9.80. The average Bonchev–Trinajstić information content (AvgIpc) is 3.25. The predicted molar refractivity (Wildman–Crippen MR) is 92.7 cm³/mol. The Labute approximate surface area is 150 Å². The maximum absolute atomic E-state index is 12.2. The number of H-pyrrole nitrogens is 1. The second-order valence-electron chi connectivity index (χ2n) is 5.65. The number of pyridine rings is 1. The molecular weight excluding hydrogens is 354 g/mol. The number of para-hydroxylation sites is 2. The Morgan fingerprint density at radius 2 is 2.07 bits per heavy atom. The van der Waals surface area contributed by atoms with E-state index in [0.717, 1.165) is 0 Å². The molecule has 0 aliphatic heterocycles. The second-order valence-corrected chi connectivity index (χ2v) is 5.65. The molecule has 0 atom stereocenters. The number of nitrogens with one attached hydrogen (secondary N) is 2. The molecule has 10 heteroatoms. The normalized spacial score (nSPS) is 11.0. The maximum atomic E-state index is 12.2. The quantitative estimate of drug-likeness (QED) is 0.528. The van der Waals surface area contributed by atoms with Gasteiger partial charge in [0.15, 0.2) is 5.58 Å². The zero-order chi connectivity index (χ0) is 18.8. The lowest BCUT2D eigenvalue weighted by Crippen LogP contribution is -2.30. The fourth-order valence-electron chi connectivity index (χ4n) is 2.56. The van der Waals surface area contributed by atoms with Crippen LogP contribution in [0.25, 0.3) is 22.5 Å². The SMILES string of the molecule is O=C(Cn1c(=O)oc2ccccc21)NCc1nc(-c2cc[nH]c(=O)c2)no1. The van der Waals surface area contributed by atoms with Crippen LogP contribution in [0.2, 0.25) is 0 Å². The highest BCUT2D eigenvalue weighted by Gasteiger charge is 2.14. The van der Waals surface area contributed by atoms with Gasteiger partial charge in [0.1, 0.15) is 6.54 Å². The van der Waals surface area contributed by atoms with E-state index in [1.54, 1.807) is 30.3 Å². The number of benzene rings is 1. The van der Waals surface area contributed by atoms with Crippen LogP contribution >= 0.6 is 0 Å². The van der Waals surface area contributed by atoms with Gasteiger partial charge in [-0.3, -0.25) is 14.2 Å². The highest BCUT2D eigenvalue weighted by Crippen LogP contribution is 2.13. The molecule has 0 spiro atoms. The van der Waals surface area contributed by atoms with E-state index in [1.165, 1.54) is 16.8 Å². The van der Waals surface area contributed by atoms with Gasteiger partial charge >= 0.3 is 5.76 Å². The van der Waals surface area contributed by atoms with Gasteiger partial charge in [-0.1, -0.05) is 17.3 Å². The first-order valence-corrected chi connectivity index (χ1v) is 7.97. The van der Waals surface area contributed by atoms with Crippen molar-refractivity contribution in [3.8, 4) is 11.4 Å². The van der Waals surface area contributed by atoms with Crippen molar-refractivity contribution in [3.05, 3.63) is 69.4 Å². The van der Waals surface area contributed by atoms with E-state index in [-0.39, 0.29) is 30.4 Å². The van der Waals surface area contributed by atoms with E-state index in [4.69, 9.17) is 8.94 Å². The molecule has 1 aromatic carbocycles. The van der Waals surface area contributed by atoms with Crippen molar-refractivity contribution in [2.24, 2.45) is 0 Å². The minimum atomic E-state index is -0.610. The number of carbonyl (C=O) groups excluding carboxylic acids is 1. The number of rotatable bonds is 5. The third-order valence-corrected chi connectivity index (χ3v) is 3.81. The number of amides is 1. The number of fused-ring (bicyclic) bond motifs is 1. The molecule has 0 aliphatic carbocycles. The Morgan fingerprint density at radius 1 is 1.22 bits per heavy atom. The molecule has 27 heavy (non-hydrogen) atoms. The number of hydrogen-bond acceptors (Lipinski definition) is 7. The predicted octanol–water partition coefficient (Wildman–Crippen LogP) is 0.649. The van der Waals surface area contributed by atoms with Crippen molar-refractivity contribution in [1.29, 1.82) is 0 Å². The standard InChI is InChI=1S/C17H13N5O5/c23-13-7-10(5-6-18-13)16-20-15(27-21-16)8-19-14(24)9-22-11-3-1-2-4-12(11)26-17(22)25/h1-7H,8-9H2,(H,18,23)(H,19,24). The van der Waals surface area contributed by atoms with Crippen LogP contribution in [0.15, 0.2) is 61.1 Å². The van der Waals surface area contributed by atoms with Crippen LogP contribution in [-0.2, 0) is 17.9 Å². The molecule has 0 saturated carbocycles. The molecule has 0 radical (unpaired) electrons. The van der Waals surface area contributed by atoms with Crippen LogP contribution in [0, 0.1) is 0 Å². The Morgan fingerprint density at radius 3 is 2.93 bits per heavy atom. The lowest BCUT2D eigenvalue weighted by atomic mass is 10.2. The van der Waals surface area contributed by atoms with Crippen molar-refractivity contribution in [2.45, 2.75) is 13.1 Å². The molecule has 2 N–H and O–H groups in total. The zero-order valence-electron chi connectivity index (χ0n) is 13.8. The first-order valence-electron chi connectivity index (χ1n) is 7.97. The van der Waals surface area contributed by atoms with Gasteiger partial charge in [0.25, 0.3) is 0 Å². The average molecular weight is 367 g/mol. The van der Waals surface area contributed by atoms with Gasteiger partial charge in [0.2, 0.25) is 23.2 Å². The number of carbonyl (C=O) groups is 1. The molecule has 3 aromatic heterocycles. The smallest absolute Gasteiger partial charge is 0.408 e. The van der Waals surface area contributed by atoms with Gasteiger partial charge in [0, 0.05) is 17.8 Å². The minimum Gasteiger partial charge on any atom is -0.408 e. The van der Waals surface area contributed by atoms with E-state index in [9.17, 15) is 14.4 Å².